The van der Waals surface area contributed by atoms with Gasteiger partial charge in [-0.1, -0.05) is 0 Å². The minimum absolute atomic E-state index is 0. The number of likely N-dealkylation sites (N-methyl/N-ethyl adjacent to an activating group) is 1. The van der Waals surface area contributed by atoms with Crippen LogP contribution < -0.4 is 15.8 Å². The quantitative estimate of drug-likeness (QED) is 0.533. The smallest absolute Gasteiger partial charge is 0.270 e. The number of nitrogens with zero attached hydrogens (tertiary/aromatic N) is 3. The van der Waals surface area contributed by atoms with Crippen molar-refractivity contribution in [2.24, 2.45) is 24.6 Å². The van der Waals surface area contributed by atoms with E-state index in [-0.39, 0.29) is 63.0 Å². The number of nitrogens with two attached hydrogens (primary N) is 1. The first-order chi connectivity index (χ1) is 17.9. The molecule has 2 heterocycles. The van der Waals surface area contributed by atoms with Crippen LogP contribution in [0.15, 0.2) is 24.3 Å². The van der Waals surface area contributed by atoms with Gasteiger partial charge in [-0.15, -0.1) is 12.4 Å². The highest BCUT2D eigenvalue weighted by atomic mass is 35.5. The van der Waals surface area contributed by atoms with Crippen molar-refractivity contribution in [1.82, 2.24) is 19.7 Å². The monoisotopic (exact) mass is 569 g/mol. The molecule has 3 amide bonds. The van der Waals surface area contributed by atoms with Gasteiger partial charge in [0.1, 0.15) is 17.0 Å². The Morgan fingerprint density at radius 1 is 1.10 bits per heavy atom. The second-order valence-electron chi connectivity index (χ2n) is 10.6. The van der Waals surface area contributed by atoms with Crippen molar-refractivity contribution < 1.29 is 27.9 Å². The Morgan fingerprint density at radius 3 is 2.23 bits per heavy atom. The number of fused-ring (bicyclic) bond motifs is 1. The van der Waals surface area contributed by atoms with Crippen molar-refractivity contribution in [3.63, 3.8) is 0 Å². The molecular weight excluding hydrogens is 532 g/mol. The van der Waals surface area contributed by atoms with E-state index in [4.69, 9.17) is 10.5 Å². The van der Waals surface area contributed by atoms with E-state index in [1.54, 1.807) is 30.9 Å². The molecule has 4 rings (SSSR count). The summed E-state index contributed by atoms with van der Waals surface area (Å²) in [6.45, 7) is 2.76. The third kappa shape index (κ3) is 5.84. The molecule has 2 fully saturated rings. The fourth-order valence-electron chi connectivity index (χ4n) is 5.88. The van der Waals surface area contributed by atoms with Crippen LogP contribution >= 0.6 is 12.4 Å². The van der Waals surface area contributed by atoms with Gasteiger partial charge in [-0.05, 0) is 50.9 Å². The number of rotatable bonds is 7. The van der Waals surface area contributed by atoms with E-state index in [9.17, 15) is 23.2 Å². The molecule has 1 unspecified atom stereocenters. The van der Waals surface area contributed by atoms with Gasteiger partial charge in [0.05, 0.1) is 18.5 Å². The van der Waals surface area contributed by atoms with Crippen molar-refractivity contribution in [2.75, 3.05) is 40.3 Å². The molecule has 12 heteroatoms. The van der Waals surface area contributed by atoms with Crippen molar-refractivity contribution in [3.8, 4) is 5.75 Å². The van der Waals surface area contributed by atoms with Crippen molar-refractivity contribution in [2.45, 2.75) is 44.1 Å². The summed E-state index contributed by atoms with van der Waals surface area (Å²) >= 11 is 0. The normalized spacial score (nSPS) is 20.2. The Kier molecular flexibility index (Phi) is 9.16. The number of amides is 3. The lowest BCUT2D eigenvalue weighted by Crippen LogP contribution is -2.64. The molecule has 0 radical (unpaired) electrons. The maximum atomic E-state index is 13.9. The van der Waals surface area contributed by atoms with Crippen LogP contribution in [0.4, 0.5) is 8.78 Å². The second kappa shape index (κ2) is 11.7. The van der Waals surface area contributed by atoms with E-state index in [1.165, 1.54) is 0 Å². The number of nitrogens with one attached hydrogen (secondary N) is 1. The molecule has 1 saturated heterocycles. The highest BCUT2D eigenvalue weighted by Crippen LogP contribution is 2.43. The molecule has 216 valence electrons. The molecule has 39 heavy (non-hydrogen) atoms. The summed E-state index contributed by atoms with van der Waals surface area (Å²) in [6.07, 6.45) is -0.366. The zero-order valence-corrected chi connectivity index (χ0v) is 23.7. The Hall–Kier alpha value is -2.92. The minimum Gasteiger partial charge on any atom is -0.497 e. The number of alkyl halides is 2. The lowest BCUT2D eigenvalue weighted by Gasteiger charge is -2.45. The van der Waals surface area contributed by atoms with Gasteiger partial charge in [-0.3, -0.25) is 14.4 Å². The van der Waals surface area contributed by atoms with Gasteiger partial charge in [-0.25, -0.2) is 8.78 Å². The minimum atomic E-state index is -2.76. The summed E-state index contributed by atoms with van der Waals surface area (Å²) in [5.74, 6) is -4.47. The third-order valence-electron chi connectivity index (χ3n) is 8.50. The molecule has 0 bridgehead atoms. The topological polar surface area (TPSA) is 110 Å². The standard InChI is InChI=1S/C27H37F2N5O4.ClH/c1-26(31-2,25(30)37)22(17-7-9-27(28,29)10-8-17)24(36)34-13-11-33(12-14-34)23(35)21-15-18-5-6-19(38-4)16-20(18)32(21)3;/h5-6,15-17,22,31H,7-14H2,1-4H3,(H2,30,37);1H/t22-,26?;/m1./s1. The maximum Gasteiger partial charge on any atom is 0.270 e. The lowest BCUT2D eigenvalue weighted by atomic mass is 9.69. The zero-order valence-electron chi connectivity index (χ0n) is 22.8. The van der Waals surface area contributed by atoms with Crippen LogP contribution in [0.1, 0.15) is 43.1 Å². The first-order valence-corrected chi connectivity index (χ1v) is 13.0. The van der Waals surface area contributed by atoms with E-state index in [2.05, 4.69) is 5.32 Å². The van der Waals surface area contributed by atoms with Gasteiger partial charge < -0.3 is 30.2 Å². The highest BCUT2D eigenvalue weighted by molar-refractivity contribution is 5.99. The SMILES string of the molecule is CNC(C)(C(N)=O)[C@@H](C(=O)N1CCN(C(=O)c2cc3ccc(OC)cc3n2C)CC1)C1CCC(F)(F)CC1.Cl. The number of hydrogen-bond donors (Lipinski definition) is 2. The molecule has 0 spiro atoms. The zero-order chi connectivity index (χ0) is 27.8. The van der Waals surface area contributed by atoms with Crippen LogP contribution in [0.25, 0.3) is 10.9 Å². The first kappa shape index (κ1) is 30.6. The average molecular weight is 570 g/mol. The third-order valence-corrected chi connectivity index (χ3v) is 8.50. The van der Waals surface area contributed by atoms with Crippen LogP contribution in [0.3, 0.4) is 0 Å². The van der Waals surface area contributed by atoms with Gasteiger partial charge in [0, 0.05) is 57.5 Å². The number of methoxy groups -OCH3 is 1. The predicted molar refractivity (Wildman–Crippen MR) is 146 cm³/mol. The fraction of sp³-hybridized carbons (Fsp3) is 0.593. The lowest BCUT2D eigenvalue weighted by molar-refractivity contribution is -0.149. The van der Waals surface area contributed by atoms with Crippen LogP contribution in [-0.4, -0.2) is 83.9 Å². The van der Waals surface area contributed by atoms with Crippen LogP contribution in [-0.2, 0) is 16.6 Å². The number of aryl methyl sites for hydroxylation is 1. The molecule has 1 aromatic carbocycles. The molecule has 1 saturated carbocycles. The van der Waals surface area contributed by atoms with Crippen LogP contribution in [0, 0.1) is 11.8 Å². The summed E-state index contributed by atoms with van der Waals surface area (Å²) in [4.78, 5) is 43.0. The van der Waals surface area contributed by atoms with E-state index in [0.717, 1.165) is 10.9 Å². The van der Waals surface area contributed by atoms with Gasteiger partial charge in [0.15, 0.2) is 0 Å². The molecule has 1 aliphatic carbocycles. The van der Waals surface area contributed by atoms with Gasteiger partial charge in [0.2, 0.25) is 17.7 Å². The highest BCUT2D eigenvalue weighted by Gasteiger charge is 2.51. The number of piperazine rings is 1. The average Bonchev–Trinajstić information content (AvgIpc) is 3.24. The summed E-state index contributed by atoms with van der Waals surface area (Å²) < 4.78 is 34.9. The van der Waals surface area contributed by atoms with Crippen LogP contribution in [0.5, 0.6) is 5.75 Å². The predicted octanol–water partition coefficient (Wildman–Crippen LogP) is 2.80. The number of aromatic nitrogens is 1. The largest absolute Gasteiger partial charge is 0.497 e. The number of hydrogen-bond acceptors (Lipinski definition) is 5. The number of carbonyl (C=O) groups excluding carboxylic acids is 3. The molecule has 1 aromatic heterocycles. The second-order valence-corrected chi connectivity index (χ2v) is 10.6. The molecule has 3 N–H and O–H groups in total. The van der Waals surface area contributed by atoms with E-state index in [1.807, 2.05) is 35.9 Å². The first-order valence-electron chi connectivity index (χ1n) is 13.0. The Balaban J connectivity index is 0.00000420. The van der Waals surface area contributed by atoms with Crippen molar-refractivity contribution in [1.29, 1.82) is 0 Å². The van der Waals surface area contributed by atoms with E-state index >= 15 is 0 Å². The fourth-order valence-corrected chi connectivity index (χ4v) is 5.88. The molecule has 2 aromatic rings. The summed E-state index contributed by atoms with van der Waals surface area (Å²) in [5, 5.41) is 3.83. The maximum absolute atomic E-state index is 13.9. The van der Waals surface area contributed by atoms with Gasteiger partial charge in [0.25, 0.3) is 5.91 Å². The number of halogens is 3. The van der Waals surface area contributed by atoms with E-state index in [0.29, 0.717) is 24.5 Å². The summed E-state index contributed by atoms with van der Waals surface area (Å²) in [6, 6.07) is 7.46. The summed E-state index contributed by atoms with van der Waals surface area (Å²) in [5.41, 5.74) is 5.74. The number of carbonyl (C=O) groups is 3. The van der Waals surface area contributed by atoms with Crippen LogP contribution in [0.2, 0.25) is 0 Å². The number of ether oxygens (including phenoxy) is 1. The molecule has 9 nitrogen and oxygen atoms in total. The van der Waals surface area contributed by atoms with Crippen molar-refractivity contribution >= 4 is 41.0 Å². The van der Waals surface area contributed by atoms with Gasteiger partial charge in [-0.2, -0.15) is 0 Å². The van der Waals surface area contributed by atoms with Gasteiger partial charge >= 0.3 is 0 Å². The number of benzene rings is 1. The summed E-state index contributed by atoms with van der Waals surface area (Å²) in [7, 11) is 4.97. The Labute approximate surface area is 233 Å². The Morgan fingerprint density at radius 2 is 1.69 bits per heavy atom. The van der Waals surface area contributed by atoms with E-state index < -0.39 is 29.2 Å². The molecule has 2 aliphatic rings. The van der Waals surface area contributed by atoms with Crippen molar-refractivity contribution in [3.05, 3.63) is 30.0 Å². The molecule has 2 atom stereocenters. The molecule has 1 aliphatic heterocycles. The number of primary amides is 1. The molecular formula is C27H38ClF2N5O4. The Bertz CT molecular complexity index is 1220.